The maximum Gasteiger partial charge on any atom is 0.139 e. The van der Waals surface area contributed by atoms with Gasteiger partial charge in [-0.3, -0.25) is 0 Å². The number of carboxylic acid groups (broad SMARTS) is 1. The second-order valence-corrected chi connectivity index (χ2v) is 3.97. The van der Waals surface area contributed by atoms with Gasteiger partial charge in [0.1, 0.15) is 11.2 Å². The van der Waals surface area contributed by atoms with Crippen molar-refractivity contribution in [2.75, 3.05) is 0 Å². The second kappa shape index (κ2) is 3.07. The Balaban J connectivity index is 2.40. The number of carboxylic acids is 1. The van der Waals surface area contributed by atoms with E-state index in [2.05, 4.69) is 0 Å². The van der Waals surface area contributed by atoms with Crippen LogP contribution in [-0.4, -0.2) is 11.6 Å². The molecule has 0 amide bonds. The molecule has 1 heterocycles. The third kappa shape index (κ3) is 1.20. The molecule has 0 N–H and O–H groups in total. The molecule has 0 radical (unpaired) electrons. The largest absolute Gasteiger partial charge is 0.547 e. The average molecular weight is 205 g/mol. The lowest BCUT2D eigenvalue weighted by molar-refractivity contribution is -0.312. The standard InChI is InChI=1S/C12H14O3/c1-3-12(9-7-5-4-6-8-9)11(2,15-12)10(13)14/h4-8H,3H2,1-2H3,(H,13,14)/p-1. The molecule has 3 heteroatoms. The van der Waals surface area contributed by atoms with Crippen LogP contribution >= 0.6 is 0 Å². The molecule has 15 heavy (non-hydrogen) atoms. The van der Waals surface area contributed by atoms with E-state index in [0.29, 0.717) is 6.42 Å². The van der Waals surface area contributed by atoms with Crippen LogP contribution in [0.25, 0.3) is 0 Å². The summed E-state index contributed by atoms with van der Waals surface area (Å²) in [5.74, 6) is -1.15. The Labute approximate surface area is 88.7 Å². The molecule has 2 unspecified atom stereocenters. The minimum Gasteiger partial charge on any atom is -0.547 e. The van der Waals surface area contributed by atoms with Gasteiger partial charge in [0.25, 0.3) is 0 Å². The minimum absolute atomic E-state index is 0.626. The lowest BCUT2D eigenvalue weighted by Crippen LogP contribution is -2.41. The van der Waals surface area contributed by atoms with E-state index in [1.54, 1.807) is 6.92 Å². The van der Waals surface area contributed by atoms with E-state index in [1.807, 2.05) is 37.3 Å². The summed E-state index contributed by atoms with van der Waals surface area (Å²) in [7, 11) is 0. The summed E-state index contributed by atoms with van der Waals surface area (Å²) in [5.41, 5.74) is -0.977. The Morgan fingerprint density at radius 2 is 2.00 bits per heavy atom. The van der Waals surface area contributed by atoms with Crippen LogP contribution in [0.4, 0.5) is 0 Å². The van der Waals surface area contributed by atoms with Gasteiger partial charge >= 0.3 is 0 Å². The van der Waals surface area contributed by atoms with Gasteiger partial charge in [0.05, 0.1) is 5.97 Å². The Morgan fingerprint density at radius 3 is 2.40 bits per heavy atom. The van der Waals surface area contributed by atoms with Gasteiger partial charge in [-0.2, -0.15) is 0 Å². The number of carbonyl (C=O) groups is 1. The quantitative estimate of drug-likeness (QED) is 0.687. The number of aliphatic carboxylic acids is 1. The van der Waals surface area contributed by atoms with Crippen LogP contribution in [0.3, 0.4) is 0 Å². The number of rotatable bonds is 3. The van der Waals surface area contributed by atoms with E-state index in [9.17, 15) is 9.90 Å². The van der Waals surface area contributed by atoms with E-state index in [0.717, 1.165) is 5.56 Å². The molecule has 0 bridgehead atoms. The first-order valence-corrected chi connectivity index (χ1v) is 5.04. The van der Waals surface area contributed by atoms with Crippen molar-refractivity contribution in [3.63, 3.8) is 0 Å². The fourth-order valence-corrected chi connectivity index (χ4v) is 2.18. The highest BCUT2D eigenvalue weighted by Crippen LogP contribution is 2.57. The molecule has 1 saturated heterocycles. The summed E-state index contributed by atoms with van der Waals surface area (Å²) in [5, 5.41) is 11.0. The molecular weight excluding hydrogens is 192 g/mol. The highest BCUT2D eigenvalue weighted by Gasteiger charge is 2.67. The molecule has 2 rings (SSSR count). The Morgan fingerprint density at radius 1 is 1.40 bits per heavy atom. The molecule has 1 aromatic rings. The summed E-state index contributed by atoms with van der Waals surface area (Å²) >= 11 is 0. The molecule has 0 spiro atoms. The lowest BCUT2D eigenvalue weighted by Gasteiger charge is -2.16. The van der Waals surface area contributed by atoms with Crippen LogP contribution < -0.4 is 5.11 Å². The summed E-state index contributed by atoms with van der Waals surface area (Å²) in [6.45, 7) is 3.49. The molecule has 3 nitrogen and oxygen atoms in total. The zero-order chi connectivity index (χ0) is 11.1. The number of hydrogen-bond donors (Lipinski definition) is 0. The Hall–Kier alpha value is -1.35. The first-order chi connectivity index (χ1) is 7.07. The third-order valence-corrected chi connectivity index (χ3v) is 3.23. The van der Waals surface area contributed by atoms with Crippen LogP contribution in [0.5, 0.6) is 0 Å². The van der Waals surface area contributed by atoms with Crippen LogP contribution in [0, 0.1) is 0 Å². The highest BCUT2D eigenvalue weighted by molar-refractivity contribution is 5.81. The zero-order valence-electron chi connectivity index (χ0n) is 8.82. The van der Waals surface area contributed by atoms with Gasteiger partial charge in [-0.15, -0.1) is 0 Å². The number of ether oxygens (including phenoxy) is 1. The van der Waals surface area contributed by atoms with Crippen molar-refractivity contribution >= 4 is 5.97 Å². The fraction of sp³-hybridized carbons (Fsp3) is 0.417. The molecule has 80 valence electrons. The van der Waals surface area contributed by atoms with E-state index >= 15 is 0 Å². The summed E-state index contributed by atoms with van der Waals surface area (Å²) in [6.07, 6.45) is 0.626. The van der Waals surface area contributed by atoms with Gasteiger partial charge in [0.15, 0.2) is 0 Å². The van der Waals surface area contributed by atoms with Crippen molar-refractivity contribution < 1.29 is 14.6 Å². The van der Waals surface area contributed by atoms with E-state index < -0.39 is 17.2 Å². The van der Waals surface area contributed by atoms with Crippen LogP contribution in [0.1, 0.15) is 25.8 Å². The first kappa shape index (κ1) is 10.2. The minimum atomic E-state index is -1.18. The van der Waals surface area contributed by atoms with E-state index in [-0.39, 0.29) is 0 Å². The van der Waals surface area contributed by atoms with Crippen LogP contribution in [-0.2, 0) is 15.1 Å². The van der Waals surface area contributed by atoms with Crippen LogP contribution in [0.2, 0.25) is 0 Å². The number of hydrogen-bond acceptors (Lipinski definition) is 3. The van der Waals surface area contributed by atoms with Crippen LogP contribution in [0.15, 0.2) is 30.3 Å². The lowest BCUT2D eigenvalue weighted by atomic mass is 9.85. The summed E-state index contributed by atoms with van der Waals surface area (Å²) in [6, 6.07) is 9.43. The Bertz CT molecular complexity index is 387. The van der Waals surface area contributed by atoms with Crippen molar-refractivity contribution in [1.29, 1.82) is 0 Å². The van der Waals surface area contributed by atoms with Crippen molar-refractivity contribution in [2.24, 2.45) is 0 Å². The van der Waals surface area contributed by atoms with Gasteiger partial charge in [0.2, 0.25) is 0 Å². The maximum absolute atomic E-state index is 11.0. The van der Waals surface area contributed by atoms with Gasteiger partial charge in [-0.1, -0.05) is 37.3 Å². The zero-order valence-corrected chi connectivity index (χ0v) is 8.82. The summed E-state index contributed by atoms with van der Waals surface area (Å²) < 4.78 is 5.43. The molecule has 0 aromatic heterocycles. The van der Waals surface area contributed by atoms with E-state index in [1.165, 1.54) is 0 Å². The predicted molar refractivity (Wildman–Crippen MR) is 52.9 cm³/mol. The SMILES string of the molecule is CCC1(c2ccccc2)OC1(C)C(=O)[O-]. The fourth-order valence-electron chi connectivity index (χ4n) is 2.18. The molecule has 1 aliphatic heterocycles. The Kier molecular flexibility index (Phi) is 2.08. The second-order valence-electron chi connectivity index (χ2n) is 3.97. The molecule has 0 aliphatic carbocycles. The van der Waals surface area contributed by atoms with E-state index in [4.69, 9.17) is 4.74 Å². The normalized spacial score (nSPS) is 33.7. The van der Waals surface area contributed by atoms with Crippen molar-refractivity contribution in [3.8, 4) is 0 Å². The molecule has 1 aromatic carbocycles. The molecule has 1 fully saturated rings. The van der Waals surface area contributed by atoms with Crippen molar-refractivity contribution in [2.45, 2.75) is 31.5 Å². The van der Waals surface area contributed by atoms with Crippen molar-refractivity contribution in [1.82, 2.24) is 0 Å². The average Bonchev–Trinajstić information content (AvgIpc) is 2.89. The van der Waals surface area contributed by atoms with Gasteiger partial charge in [-0.25, -0.2) is 0 Å². The summed E-state index contributed by atoms with van der Waals surface area (Å²) in [4.78, 5) is 11.0. The van der Waals surface area contributed by atoms with Crippen molar-refractivity contribution in [3.05, 3.63) is 35.9 Å². The molecule has 0 saturated carbocycles. The highest BCUT2D eigenvalue weighted by atomic mass is 16.6. The predicted octanol–water partition coefficient (Wildman–Crippen LogP) is 0.831. The van der Waals surface area contributed by atoms with Gasteiger partial charge < -0.3 is 14.6 Å². The monoisotopic (exact) mass is 205 g/mol. The van der Waals surface area contributed by atoms with Gasteiger partial charge in [-0.05, 0) is 18.9 Å². The van der Waals surface area contributed by atoms with Gasteiger partial charge in [0, 0.05) is 0 Å². The molecular formula is C12H13O3-. The number of epoxide rings is 1. The smallest absolute Gasteiger partial charge is 0.139 e. The number of benzene rings is 1. The molecule has 2 atom stereocenters. The topological polar surface area (TPSA) is 52.7 Å². The molecule has 1 aliphatic rings. The number of carbonyl (C=O) groups excluding carboxylic acids is 1. The first-order valence-electron chi connectivity index (χ1n) is 5.04. The third-order valence-electron chi connectivity index (χ3n) is 3.23. The maximum atomic E-state index is 11.0.